The van der Waals surface area contributed by atoms with Gasteiger partial charge in [-0.2, -0.15) is 0 Å². The maximum atomic E-state index is 5.11. The van der Waals surface area contributed by atoms with Gasteiger partial charge in [0.2, 0.25) is 5.76 Å². The Bertz CT molecular complexity index is 292. The van der Waals surface area contributed by atoms with Crippen molar-refractivity contribution in [2.75, 3.05) is 0 Å². The zero-order valence-electron chi connectivity index (χ0n) is 9.72. The fraction of sp³-hybridized carbons (Fsp3) is 0.417. The van der Waals surface area contributed by atoms with Crippen LogP contribution in [0.15, 0.2) is 11.0 Å². The van der Waals surface area contributed by atoms with Crippen molar-refractivity contribution in [3.8, 4) is 12.3 Å². The number of aryl methyl sites for hydroxylation is 1. The van der Waals surface area contributed by atoms with Gasteiger partial charge in [-0.15, -0.1) is 6.42 Å². The minimum Gasteiger partial charge on any atom is -0.432 e. The summed E-state index contributed by atoms with van der Waals surface area (Å²) in [4.78, 5) is 3.97. The highest BCUT2D eigenvalue weighted by Crippen LogP contribution is 2.09. The minimum absolute atomic E-state index is 0.451. The van der Waals surface area contributed by atoms with Gasteiger partial charge in [0.05, 0.1) is 0 Å². The number of oxazole rings is 1. The third kappa shape index (κ3) is 4.51. The fourth-order valence-corrected chi connectivity index (χ4v) is 0.685. The van der Waals surface area contributed by atoms with E-state index < -0.39 is 0 Å². The van der Waals surface area contributed by atoms with Crippen LogP contribution in [0.2, 0.25) is 0 Å². The second kappa shape index (κ2) is 9.60. The molecule has 0 amide bonds. The molecule has 0 saturated heterocycles. The van der Waals surface area contributed by atoms with Crippen molar-refractivity contribution in [2.45, 2.75) is 34.6 Å². The molecule has 0 spiro atoms. The molecule has 0 fully saturated rings. The molecule has 0 aromatic carbocycles. The van der Waals surface area contributed by atoms with Gasteiger partial charge < -0.3 is 4.42 Å². The van der Waals surface area contributed by atoms with Gasteiger partial charge in [0.15, 0.2) is 5.89 Å². The lowest BCUT2D eigenvalue weighted by Gasteiger charge is -1.78. The predicted octanol–water partition coefficient (Wildman–Crippen LogP) is 3.66. The van der Waals surface area contributed by atoms with Gasteiger partial charge in [0, 0.05) is 6.92 Å². The number of hydrogen-bond acceptors (Lipinski definition) is 2. The molecule has 0 unspecified atom stereocenters. The van der Waals surface area contributed by atoms with Gasteiger partial charge >= 0.3 is 0 Å². The van der Waals surface area contributed by atoms with Crippen LogP contribution in [-0.2, 0) is 0 Å². The second-order valence-corrected chi connectivity index (χ2v) is 1.80. The molecule has 0 aliphatic carbocycles. The Labute approximate surface area is 87.1 Å². The number of hydrogen-bond donors (Lipinski definition) is 0. The number of rotatable bonds is 1. The van der Waals surface area contributed by atoms with Crippen LogP contribution in [0.3, 0.4) is 0 Å². The first kappa shape index (κ1) is 15.0. The Morgan fingerprint density at radius 2 is 1.86 bits per heavy atom. The van der Waals surface area contributed by atoms with Gasteiger partial charge in [-0.25, -0.2) is 4.98 Å². The van der Waals surface area contributed by atoms with Crippen molar-refractivity contribution in [2.24, 2.45) is 0 Å². The van der Waals surface area contributed by atoms with Crippen LogP contribution in [0.5, 0.6) is 0 Å². The van der Waals surface area contributed by atoms with E-state index in [4.69, 9.17) is 10.8 Å². The van der Waals surface area contributed by atoms with Crippen LogP contribution in [0.1, 0.15) is 45.0 Å². The van der Waals surface area contributed by atoms with E-state index in [1.807, 2.05) is 27.7 Å². The molecule has 0 N–H and O–H groups in total. The molecule has 0 atom stereocenters. The zero-order chi connectivity index (χ0) is 11.6. The van der Waals surface area contributed by atoms with Crippen LogP contribution in [0.25, 0.3) is 6.08 Å². The average Bonchev–Trinajstić information content (AvgIpc) is 2.64. The highest BCUT2D eigenvalue weighted by molar-refractivity contribution is 5.49. The Morgan fingerprint density at radius 3 is 2.14 bits per heavy atom. The monoisotopic (exact) mass is 193 g/mol. The quantitative estimate of drug-likeness (QED) is 0.636. The Kier molecular flexibility index (Phi) is 10.3. The van der Waals surface area contributed by atoms with Crippen molar-refractivity contribution in [3.05, 3.63) is 23.9 Å². The molecule has 78 valence electrons. The van der Waals surface area contributed by atoms with Crippen molar-refractivity contribution < 1.29 is 4.42 Å². The standard InChI is InChI=1S/C8H7NO.2C2H6/c1-4-7-8(5-2)10-6(3)9-7;2*1-2/h2,4H,1H2,3H3;2*1-2H3. The summed E-state index contributed by atoms with van der Waals surface area (Å²) in [7, 11) is 0. The molecule has 1 aromatic rings. The summed E-state index contributed by atoms with van der Waals surface area (Å²) < 4.78 is 5.04. The molecule has 2 heteroatoms. The Balaban J connectivity index is 0. The molecule has 1 aromatic heterocycles. The molecule has 1 rings (SSSR count). The van der Waals surface area contributed by atoms with Crippen molar-refractivity contribution in [1.29, 1.82) is 0 Å². The third-order valence-corrected chi connectivity index (χ3v) is 1.08. The van der Waals surface area contributed by atoms with Crippen LogP contribution in [0, 0.1) is 19.3 Å². The Hall–Kier alpha value is -1.49. The number of terminal acetylenes is 1. The topological polar surface area (TPSA) is 26.0 Å². The predicted molar refractivity (Wildman–Crippen MR) is 62.0 cm³/mol. The lowest BCUT2D eigenvalue weighted by atomic mass is 10.3. The fourth-order valence-electron chi connectivity index (χ4n) is 0.685. The summed E-state index contributed by atoms with van der Waals surface area (Å²) in [6, 6.07) is 0. The van der Waals surface area contributed by atoms with Crippen molar-refractivity contribution in [3.63, 3.8) is 0 Å². The first-order valence-electron chi connectivity index (χ1n) is 4.84. The minimum atomic E-state index is 0.451. The van der Waals surface area contributed by atoms with Crippen molar-refractivity contribution in [1.82, 2.24) is 4.98 Å². The SMILES string of the molecule is C#Cc1oc(C)nc1C=C.CC.CC. The van der Waals surface area contributed by atoms with Gasteiger partial charge in [-0.1, -0.05) is 34.3 Å². The summed E-state index contributed by atoms with van der Waals surface area (Å²) in [6.07, 6.45) is 6.68. The molecular formula is C12H19NO. The van der Waals surface area contributed by atoms with E-state index in [9.17, 15) is 0 Å². The maximum absolute atomic E-state index is 5.11. The molecule has 1 heterocycles. The second-order valence-electron chi connectivity index (χ2n) is 1.80. The van der Waals surface area contributed by atoms with Crippen LogP contribution < -0.4 is 0 Å². The molecule has 0 saturated carbocycles. The van der Waals surface area contributed by atoms with Crippen LogP contribution in [-0.4, -0.2) is 4.98 Å². The summed E-state index contributed by atoms with van der Waals surface area (Å²) >= 11 is 0. The smallest absolute Gasteiger partial charge is 0.204 e. The number of nitrogens with zero attached hydrogens (tertiary/aromatic N) is 1. The van der Waals surface area contributed by atoms with Gasteiger partial charge in [-0.3, -0.25) is 0 Å². The third-order valence-electron chi connectivity index (χ3n) is 1.08. The van der Waals surface area contributed by atoms with E-state index in [0.29, 0.717) is 17.3 Å². The van der Waals surface area contributed by atoms with E-state index in [-0.39, 0.29) is 0 Å². The van der Waals surface area contributed by atoms with E-state index in [1.165, 1.54) is 0 Å². The lowest BCUT2D eigenvalue weighted by Crippen LogP contribution is -1.73. The molecule has 0 radical (unpaired) electrons. The van der Waals surface area contributed by atoms with Gasteiger partial charge in [-0.05, 0) is 12.0 Å². The highest BCUT2D eigenvalue weighted by Gasteiger charge is 2.02. The largest absolute Gasteiger partial charge is 0.432 e. The summed E-state index contributed by atoms with van der Waals surface area (Å²) in [6.45, 7) is 13.3. The number of aromatic nitrogens is 1. The average molecular weight is 193 g/mol. The molecule has 0 aliphatic heterocycles. The highest BCUT2D eigenvalue weighted by atomic mass is 16.4. The molecule has 0 aliphatic rings. The summed E-state index contributed by atoms with van der Waals surface area (Å²) in [5.41, 5.74) is 0.639. The van der Waals surface area contributed by atoms with Gasteiger partial charge in [0.1, 0.15) is 5.69 Å². The lowest BCUT2D eigenvalue weighted by molar-refractivity contribution is 0.511. The molecule has 2 nitrogen and oxygen atoms in total. The first-order chi connectivity index (χ1) is 6.77. The van der Waals surface area contributed by atoms with Crippen LogP contribution >= 0.6 is 0 Å². The van der Waals surface area contributed by atoms with Crippen molar-refractivity contribution >= 4 is 6.08 Å². The maximum Gasteiger partial charge on any atom is 0.204 e. The van der Waals surface area contributed by atoms with Gasteiger partial charge in [0.25, 0.3) is 0 Å². The Morgan fingerprint density at radius 1 is 1.36 bits per heavy atom. The van der Waals surface area contributed by atoms with E-state index in [2.05, 4.69) is 17.5 Å². The normalized spacial score (nSPS) is 7.14. The molecule has 14 heavy (non-hydrogen) atoms. The summed E-state index contributed by atoms with van der Waals surface area (Å²) in [5.74, 6) is 3.39. The zero-order valence-corrected chi connectivity index (χ0v) is 9.72. The van der Waals surface area contributed by atoms with E-state index in [1.54, 1.807) is 13.0 Å². The molecule has 0 bridgehead atoms. The van der Waals surface area contributed by atoms with E-state index in [0.717, 1.165) is 0 Å². The summed E-state index contributed by atoms with van der Waals surface area (Å²) in [5, 5.41) is 0. The van der Waals surface area contributed by atoms with Crippen LogP contribution in [0.4, 0.5) is 0 Å². The first-order valence-corrected chi connectivity index (χ1v) is 4.84. The van der Waals surface area contributed by atoms with E-state index >= 15 is 0 Å². The molecular weight excluding hydrogens is 174 g/mol.